The van der Waals surface area contributed by atoms with E-state index in [1.54, 1.807) is 0 Å². The van der Waals surface area contributed by atoms with Crippen LogP contribution in [0.1, 0.15) is 68.8 Å². The number of hydrogen-bond acceptors (Lipinski definition) is 1. The van der Waals surface area contributed by atoms with Crippen molar-refractivity contribution >= 4 is 5.78 Å². The van der Waals surface area contributed by atoms with Gasteiger partial charge in [-0.2, -0.15) is 0 Å². The van der Waals surface area contributed by atoms with Crippen LogP contribution < -0.4 is 0 Å². The van der Waals surface area contributed by atoms with Gasteiger partial charge in [-0.05, 0) is 42.2 Å². The fourth-order valence-corrected chi connectivity index (χ4v) is 2.53. The summed E-state index contributed by atoms with van der Waals surface area (Å²) in [6, 6.07) is 8.14. The van der Waals surface area contributed by atoms with E-state index in [0.29, 0.717) is 0 Å². The summed E-state index contributed by atoms with van der Waals surface area (Å²) in [5, 5.41) is 0. The molecule has 0 amide bonds. The fraction of sp³-hybridized carbons (Fsp3) is 0.500. The highest BCUT2D eigenvalue weighted by atomic mass is 16.1. The molecule has 1 aliphatic rings. The molecule has 0 spiro atoms. The van der Waals surface area contributed by atoms with Gasteiger partial charge in [-0.3, -0.25) is 4.79 Å². The zero-order valence-electron chi connectivity index (χ0n) is 12.3. The van der Waals surface area contributed by atoms with Crippen molar-refractivity contribution in [3.8, 4) is 0 Å². The van der Waals surface area contributed by atoms with E-state index in [4.69, 9.17) is 0 Å². The molecular weight excluding hydrogens is 232 g/mol. The van der Waals surface area contributed by atoms with Crippen molar-refractivity contribution in [2.24, 2.45) is 0 Å². The zero-order valence-corrected chi connectivity index (χ0v) is 12.3. The van der Waals surface area contributed by atoms with Gasteiger partial charge in [0.2, 0.25) is 0 Å². The van der Waals surface area contributed by atoms with E-state index in [0.717, 1.165) is 30.4 Å². The van der Waals surface area contributed by atoms with E-state index < -0.39 is 0 Å². The molecule has 0 saturated carbocycles. The van der Waals surface area contributed by atoms with Gasteiger partial charge in [-0.25, -0.2) is 0 Å². The molecule has 1 heteroatoms. The normalized spacial score (nSPS) is 16.7. The maximum atomic E-state index is 12.4. The van der Waals surface area contributed by atoms with Gasteiger partial charge in [0.15, 0.2) is 5.78 Å². The monoisotopic (exact) mass is 256 g/mol. The molecule has 0 radical (unpaired) electrons. The van der Waals surface area contributed by atoms with Gasteiger partial charge in [0, 0.05) is 5.56 Å². The quantitative estimate of drug-likeness (QED) is 0.676. The molecule has 2 rings (SSSR count). The Kier molecular flexibility index (Phi) is 4.24. The highest BCUT2D eigenvalue weighted by Gasteiger charge is 2.16. The number of Topliss-reactive ketones (excluding diaryl/α,β-unsaturated/α-hetero) is 1. The van der Waals surface area contributed by atoms with E-state index in [1.807, 2.05) is 12.1 Å². The SMILES string of the molecule is CC(C)(C)c1ccc(C(=O)C2=CCCCCC2)cc1. The average molecular weight is 256 g/mol. The van der Waals surface area contributed by atoms with Crippen molar-refractivity contribution in [3.05, 3.63) is 47.0 Å². The summed E-state index contributed by atoms with van der Waals surface area (Å²) in [5.74, 6) is 0.224. The second-order valence-electron chi connectivity index (χ2n) is 6.49. The summed E-state index contributed by atoms with van der Waals surface area (Å²) in [4.78, 5) is 12.4. The molecule has 1 aromatic rings. The van der Waals surface area contributed by atoms with Gasteiger partial charge >= 0.3 is 0 Å². The van der Waals surface area contributed by atoms with Crippen LogP contribution in [0, 0.1) is 0 Å². The lowest BCUT2D eigenvalue weighted by atomic mass is 9.86. The molecule has 19 heavy (non-hydrogen) atoms. The van der Waals surface area contributed by atoms with E-state index in [9.17, 15) is 4.79 Å². The minimum absolute atomic E-state index is 0.142. The lowest BCUT2D eigenvalue weighted by Crippen LogP contribution is -2.11. The van der Waals surface area contributed by atoms with Crippen LogP contribution in [0.15, 0.2) is 35.9 Å². The molecule has 102 valence electrons. The van der Waals surface area contributed by atoms with Crippen molar-refractivity contribution in [3.63, 3.8) is 0 Å². The van der Waals surface area contributed by atoms with Crippen molar-refractivity contribution in [1.29, 1.82) is 0 Å². The predicted octanol–water partition coefficient (Wildman–Crippen LogP) is 5.06. The number of carbonyl (C=O) groups excluding carboxylic acids is 1. The largest absolute Gasteiger partial charge is 0.289 e. The topological polar surface area (TPSA) is 17.1 Å². The Labute approximate surface area is 116 Å². The molecule has 0 unspecified atom stereocenters. The Hall–Kier alpha value is -1.37. The third kappa shape index (κ3) is 3.56. The minimum atomic E-state index is 0.142. The molecular formula is C18H24O. The number of allylic oxidation sites excluding steroid dienone is 2. The van der Waals surface area contributed by atoms with Crippen LogP contribution in [0.2, 0.25) is 0 Å². The summed E-state index contributed by atoms with van der Waals surface area (Å²) in [6.45, 7) is 6.58. The number of rotatable bonds is 2. The van der Waals surface area contributed by atoms with Crippen molar-refractivity contribution < 1.29 is 4.79 Å². The Morgan fingerprint density at radius 2 is 1.68 bits per heavy atom. The third-order valence-electron chi connectivity index (χ3n) is 3.85. The summed E-state index contributed by atoms with van der Waals surface area (Å²) in [6.07, 6.45) is 7.77. The summed E-state index contributed by atoms with van der Waals surface area (Å²) in [7, 11) is 0. The number of benzene rings is 1. The van der Waals surface area contributed by atoms with E-state index in [-0.39, 0.29) is 11.2 Å². The van der Waals surface area contributed by atoms with E-state index in [1.165, 1.54) is 18.4 Å². The first kappa shape index (κ1) is 14.0. The summed E-state index contributed by atoms with van der Waals surface area (Å²) < 4.78 is 0. The van der Waals surface area contributed by atoms with Gasteiger partial charge in [-0.15, -0.1) is 0 Å². The molecule has 1 aromatic carbocycles. The second kappa shape index (κ2) is 5.73. The Morgan fingerprint density at radius 3 is 2.32 bits per heavy atom. The molecule has 0 N–H and O–H groups in total. The van der Waals surface area contributed by atoms with Gasteiger partial charge in [0.05, 0.1) is 0 Å². The lowest BCUT2D eigenvalue weighted by Gasteiger charge is -2.19. The molecule has 0 aromatic heterocycles. The van der Waals surface area contributed by atoms with Gasteiger partial charge in [-0.1, -0.05) is 57.5 Å². The first-order valence-electron chi connectivity index (χ1n) is 7.33. The molecule has 0 fully saturated rings. The molecule has 1 nitrogen and oxygen atoms in total. The molecule has 0 heterocycles. The van der Waals surface area contributed by atoms with E-state index >= 15 is 0 Å². The highest BCUT2D eigenvalue weighted by Crippen LogP contribution is 2.24. The van der Waals surface area contributed by atoms with E-state index in [2.05, 4.69) is 39.0 Å². The molecule has 0 aliphatic heterocycles. The maximum absolute atomic E-state index is 12.4. The number of hydrogen-bond donors (Lipinski definition) is 0. The molecule has 0 saturated heterocycles. The van der Waals surface area contributed by atoms with Crippen LogP contribution in [-0.4, -0.2) is 5.78 Å². The van der Waals surface area contributed by atoms with Crippen molar-refractivity contribution in [2.45, 2.75) is 58.3 Å². The van der Waals surface area contributed by atoms with Gasteiger partial charge in [0.25, 0.3) is 0 Å². The number of ketones is 1. The first-order chi connectivity index (χ1) is 8.98. The van der Waals surface area contributed by atoms with Gasteiger partial charge in [0.1, 0.15) is 0 Å². The fourth-order valence-electron chi connectivity index (χ4n) is 2.53. The van der Waals surface area contributed by atoms with Crippen LogP contribution in [0.5, 0.6) is 0 Å². The standard InChI is InChI=1S/C18H24O/c1-18(2,3)16-12-10-15(11-13-16)17(19)14-8-6-4-5-7-9-14/h8,10-13H,4-7,9H2,1-3H3. The maximum Gasteiger partial charge on any atom is 0.188 e. The van der Waals surface area contributed by atoms with Crippen LogP contribution in [0.3, 0.4) is 0 Å². The lowest BCUT2D eigenvalue weighted by molar-refractivity contribution is 0.103. The second-order valence-corrected chi connectivity index (χ2v) is 6.49. The highest BCUT2D eigenvalue weighted by molar-refractivity contribution is 6.08. The number of carbonyl (C=O) groups is 1. The summed E-state index contributed by atoms with van der Waals surface area (Å²) in [5.41, 5.74) is 3.27. The Bertz CT molecular complexity index is 471. The summed E-state index contributed by atoms with van der Waals surface area (Å²) >= 11 is 0. The molecule has 0 atom stereocenters. The van der Waals surface area contributed by atoms with Crippen molar-refractivity contribution in [1.82, 2.24) is 0 Å². The van der Waals surface area contributed by atoms with Crippen LogP contribution in [-0.2, 0) is 5.41 Å². The molecule has 1 aliphatic carbocycles. The molecule has 0 bridgehead atoms. The Balaban J connectivity index is 2.18. The Morgan fingerprint density at radius 1 is 1.00 bits per heavy atom. The van der Waals surface area contributed by atoms with Crippen molar-refractivity contribution in [2.75, 3.05) is 0 Å². The van der Waals surface area contributed by atoms with Crippen LogP contribution >= 0.6 is 0 Å². The first-order valence-corrected chi connectivity index (χ1v) is 7.33. The predicted molar refractivity (Wildman–Crippen MR) is 80.6 cm³/mol. The third-order valence-corrected chi connectivity index (χ3v) is 3.85. The van der Waals surface area contributed by atoms with Crippen LogP contribution in [0.25, 0.3) is 0 Å². The van der Waals surface area contributed by atoms with Crippen LogP contribution in [0.4, 0.5) is 0 Å². The average Bonchev–Trinajstić information content (AvgIpc) is 2.66. The smallest absolute Gasteiger partial charge is 0.188 e. The van der Waals surface area contributed by atoms with Gasteiger partial charge < -0.3 is 0 Å². The zero-order chi connectivity index (χ0) is 13.9. The minimum Gasteiger partial charge on any atom is -0.289 e.